The quantitative estimate of drug-likeness (QED) is 0.862. The Morgan fingerprint density at radius 2 is 2.38 bits per heavy atom. The molecule has 0 spiro atoms. The van der Waals surface area contributed by atoms with Crippen LogP contribution in [0.4, 0.5) is 0 Å². The maximum absolute atomic E-state index is 10.9. The first-order valence-corrected chi connectivity index (χ1v) is 5.21. The fourth-order valence-electron chi connectivity index (χ4n) is 1.72. The molecule has 86 valence electrons. The zero-order valence-corrected chi connectivity index (χ0v) is 9.45. The van der Waals surface area contributed by atoms with Gasteiger partial charge in [0.1, 0.15) is 18.1 Å². The van der Waals surface area contributed by atoms with Gasteiger partial charge >= 0.3 is 5.97 Å². The van der Waals surface area contributed by atoms with E-state index in [0.717, 1.165) is 5.56 Å². The number of rotatable bonds is 2. The fraction of sp³-hybridized carbons (Fsp3) is 0.364. The Labute approximate surface area is 97.7 Å². The zero-order valence-electron chi connectivity index (χ0n) is 8.70. The van der Waals surface area contributed by atoms with E-state index in [1.54, 1.807) is 12.1 Å². The van der Waals surface area contributed by atoms with Crippen molar-refractivity contribution in [3.8, 4) is 11.5 Å². The summed E-state index contributed by atoms with van der Waals surface area (Å²) in [4.78, 5) is 10.9. The number of methoxy groups -OCH3 is 1. The number of aliphatic carboxylic acids is 1. The summed E-state index contributed by atoms with van der Waals surface area (Å²) in [6, 6.07) is 3.41. The van der Waals surface area contributed by atoms with Crippen LogP contribution in [0.1, 0.15) is 5.56 Å². The number of benzene rings is 1. The lowest BCUT2D eigenvalue weighted by Crippen LogP contribution is -2.28. The highest BCUT2D eigenvalue weighted by atomic mass is 35.5. The van der Waals surface area contributed by atoms with Crippen molar-refractivity contribution < 1.29 is 19.4 Å². The average molecular weight is 243 g/mol. The first-order valence-electron chi connectivity index (χ1n) is 4.84. The van der Waals surface area contributed by atoms with Crippen molar-refractivity contribution >= 4 is 17.6 Å². The predicted octanol–water partition coefficient (Wildman–Crippen LogP) is 1.98. The molecule has 1 aliphatic rings. The first-order chi connectivity index (χ1) is 7.61. The van der Waals surface area contributed by atoms with Gasteiger partial charge in [0.25, 0.3) is 0 Å². The number of fused-ring (bicyclic) bond motifs is 1. The Bertz CT molecular complexity index is 430. The van der Waals surface area contributed by atoms with Gasteiger partial charge in [-0.15, -0.1) is 0 Å². The van der Waals surface area contributed by atoms with Crippen molar-refractivity contribution in [3.63, 3.8) is 0 Å². The number of halogens is 1. The van der Waals surface area contributed by atoms with Gasteiger partial charge < -0.3 is 14.6 Å². The molecule has 1 aromatic carbocycles. The van der Waals surface area contributed by atoms with E-state index in [9.17, 15) is 4.79 Å². The standard InChI is InChI=1S/C11H11ClO4/c1-15-8-3-6-2-7(11(13)14)5-16-10(6)9(12)4-8/h3-4,7H,2,5H2,1H3,(H,13,14). The molecule has 0 aliphatic carbocycles. The number of hydrogen-bond acceptors (Lipinski definition) is 3. The molecule has 0 saturated carbocycles. The number of hydrogen-bond donors (Lipinski definition) is 1. The minimum atomic E-state index is -0.857. The van der Waals surface area contributed by atoms with Crippen LogP contribution in [0, 0.1) is 5.92 Å². The molecule has 1 aromatic rings. The van der Waals surface area contributed by atoms with Gasteiger partial charge in [-0.1, -0.05) is 11.6 Å². The highest BCUT2D eigenvalue weighted by Gasteiger charge is 2.27. The Morgan fingerprint density at radius 3 is 3.00 bits per heavy atom. The minimum Gasteiger partial charge on any atom is -0.497 e. The average Bonchev–Trinajstić information content (AvgIpc) is 2.28. The summed E-state index contributed by atoms with van der Waals surface area (Å²) in [5.74, 6) is -0.196. The smallest absolute Gasteiger partial charge is 0.310 e. The SMILES string of the molecule is COc1cc(Cl)c2c(c1)CC(C(=O)O)CO2. The molecule has 1 N–H and O–H groups in total. The van der Waals surface area contributed by atoms with Crippen molar-refractivity contribution in [1.82, 2.24) is 0 Å². The van der Waals surface area contributed by atoms with Crippen molar-refractivity contribution in [2.45, 2.75) is 6.42 Å². The van der Waals surface area contributed by atoms with Crippen LogP contribution in [0.3, 0.4) is 0 Å². The van der Waals surface area contributed by atoms with Crippen LogP contribution < -0.4 is 9.47 Å². The van der Waals surface area contributed by atoms with E-state index < -0.39 is 11.9 Å². The van der Waals surface area contributed by atoms with E-state index in [4.69, 9.17) is 26.2 Å². The fourth-order valence-corrected chi connectivity index (χ4v) is 2.00. The van der Waals surface area contributed by atoms with Gasteiger partial charge in [0.2, 0.25) is 0 Å². The molecule has 0 amide bonds. The molecule has 5 heteroatoms. The second-order valence-electron chi connectivity index (χ2n) is 3.65. The molecule has 0 radical (unpaired) electrons. The van der Waals surface area contributed by atoms with Crippen LogP contribution in [0.2, 0.25) is 5.02 Å². The maximum Gasteiger partial charge on any atom is 0.310 e. The van der Waals surface area contributed by atoms with Crippen molar-refractivity contribution in [2.24, 2.45) is 5.92 Å². The Morgan fingerprint density at radius 1 is 1.62 bits per heavy atom. The molecule has 0 aromatic heterocycles. The molecule has 1 unspecified atom stereocenters. The van der Waals surface area contributed by atoms with Gasteiger partial charge in [0.05, 0.1) is 18.1 Å². The van der Waals surface area contributed by atoms with Crippen LogP contribution >= 0.6 is 11.6 Å². The summed E-state index contributed by atoms with van der Waals surface area (Å²) in [6.45, 7) is 0.161. The number of carbonyl (C=O) groups is 1. The van der Waals surface area contributed by atoms with Crippen LogP contribution in [-0.4, -0.2) is 24.8 Å². The summed E-state index contributed by atoms with van der Waals surface area (Å²) in [7, 11) is 1.54. The van der Waals surface area contributed by atoms with E-state index in [0.29, 0.717) is 22.9 Å². The normalized spacial score (nSPS) is 18.5. The summed E-state index contributed by atoms with van der Waals surface area (Å²) in [5, 5.41) is 9.37. The van der Waals surface area contributed by atoms with Gasteiger partial charge in [-0.3, -0.25) is 4.79 Å². The summed E-state index contributed by atoms with van der Waals surface area (Å²) in [5.41, 5.74) is 0.781. The van der Waals surface area contributed by atoms with Crippen LogP contribution in [-0.2, 0) is 11.2 Å². The lowest BCUT2D eigenvalue weighted by atomic mass is 9.97. The molecule has 1 atom stereocenters. The topological polar surface area (TPSA) is 55.8 Å². The van der Waals surface area contributed by atoms with E-state index in [2.05, 4.69) is 0 Å². The van der Waals surface area contributed by atoms with Gasteiger partial charge in [-0.05, 0) is 12.5 Å². The molecule has 1 aliphatic heterocycles. The number of ether oxygens (including phenoxy) is 2. The van der Waals surface area contributed by atoms with E-state index >= 15 is 0 Å². The van der Waals surface area contributed by atoms with E-state index in [1.165, 1.54) is 7.11 Å². The highest BCUT2D eigenvalue weighted by Crippen LogP contribution is 2.37. The molecule has 2 rings (SSSR count). The number of carboxylic acids is 1. The van der Waals surface area contributed by atoms with Crippen LogP contribution in [0.25, 0.3) is 0 Å². The van der Waals surface area contributed by atoms with Gasteiger partial charge in [-0.25, -0.2) is 0 Å². The molecule has 16 heavy (non-hydrogen) atoms. The highest BCUT2D eigenvalue weighted by molar-refractivity contribution is 6.32. The lowest BCUT2D eigenvalue weighted by molar-refractivity contribution is -0.143. The third-order valence-electron chi connectivity index (χ3n) is 2.57. The molecule has 4 nitrogen and oxygen atoms in total. The van der Waals surface area contributed by atoms with Gasteiger partial charge in [0.15, 0.2) is 0 Å². The molecule has 0 fully saturated rings. The zero-order chi connectivity index (χ0) is 11.7. The van der Waals surface area contributed by atoms with Crippen molar-refractivity contribution in [1.29, 1.82) is 0 Å². The van der Waals surface area contributed by atoms with E-state index in [1.807, 2.05) is 0 Å². The molecule has 0 bridgehead atoms. The van der Waals surface area contributed by atoms with E-state index in [-0.39, 0.29) is 6.61 Å². The molecule has 1 heterocycles. The second-order valence-corrected chi connectivity index (χ2v) is 4.05. The van der Waals surface area contributed by atoms with Crippen LogP contribution in [0.15, 0.2) is 12.1 Å². The Balaban J connectivity index is 2.36. The first kappa shape index (κ1) is 11.1. The molecular weight excluding hydrogens is 232 g/mol. The summed E-state index contributed by atoms with van der Waals surface area (Å²) >= 11 is 6.00. The van der Waals surface area contributed by atoms with Gasteiger partial charge in [0, 0.05) is 11.6 Å². The predicted molar refractivity (Wildman–Crippen MR) is 58.3 cm³/mol. The third-order valence-corrected chi connectivity index (χ3v) is 2.85. The van der Waals surface area contributed by atoms with Crippen LogP contribution in [0.5, 0.6) is 11.5 Å². The largest absolute Gasteiger partial charge is 0.497 e. The van der Waals surface area contributed by atoms with Crippen molar-refractivity contribution in [2.75, 3.05) is 13.7 Å². The monoisotopic (exact) mass is 242 g/mol. The minimum absolute atomic E-state index is 0.161. The van der Waals surface area contributed by atoms with Crippen molar-refractivity contribution in [3.05, 3.63) is 22.7 Å². The third kappa shape index (κ3) is 1.93. The lowest BCUT2D eigenvalue weighted by Gasteiger charge is -2.23. The summed E-state index contributed by atoms with van der Waals surface area (Å²) < 4.78 is 10.4. The molecular formula is C11H11ClO4. The number of carboxylic acid groups (broad SMARTS) is 1. The Kier molecular flexibility index (Phi) is 2.92. The van der Waals surface area contributed by atoms with Gasteiger partial charge in [-0.2, -0.15) is 0 Å². The Hall–Kier alpha value is -1.42. The molecule has 0 saturated heterocycles. The maximum atomic E-state index is 10.9. The second kappa shape index (κ2) is 4.22. The summed E-state index contributed by atoms with van der Waals surface area (Å²) in [6.07, 6.45) is 0.418.